The van der Waals surface area contributed by atoms with E-state index in [1.807, 2.05) is 0 Å². The number of fused-ring (bicyclic) bond motifs is 1. The quantitative estimate of drug-likeness (QED) is 0.0116. The molecule has 0 radical (unpaired) electrons. The fourth-order valence-electron chi connectivity index (χ4n) is 10.3. The Balaban J connectivity index is 1.08. The summed E-state index contributed by atoms with van der Waals surface area (Å²) < 4.78 is 68.5. The maximum Gasteiger partial charge on any atom is 0.335 e. The topological polar surface area (TPSA) is 601 Å². The maximum atomic E-state index is 13.4. The van der Waals surface area contributed by atoms with E-state index in [1.165, 1.54) is 18.2 Å². The number of aliphatic hydroxyl groups excluding tert-OH is 11. The molecule has 9 rings (SSSR count). The van der Waals surface area contributed by atoms with Gasteiger partial charge in [-0.15, -0.1) is 0 Å². The number of phenolic OH excluding ortho intramolecular Hbond substituents is 7. The van der Waals surface area contributed by atoms with Gasteiger partial charge in [0.25, 0.3) is 0 Å². The van der Waals surface area contributed by atoms with Crippen LogP contribution in [-0.4, -0.2) is 275 Å². The highest BCUT2D eigenvalue weighted by Crippen LogP contribution is 2.49. The molecule has 97 heavy (non-hydrogen) atoms. The Hall–Kier alpha value is -9.39. The summed E-state index contributed by atoms with van der Waals surface area (Å²) in [6, 6.07) is 10.4. The lowest BCUT2D eigenvalue weighted by molar-refractivity contribution is -0.364. The van der Waals surface area contributed by atoms with E-state index in [4.69, 9.17) is 56.8 Å². The van der Waals surface area contributed by atoms with Crippen LogP contribution in [0.1, 0.15) is 34.8 Å². The molecule has 5 heterocycles. The number of carboxylic acids is 2. The van der Waals surface area contributed by atoms with Gasteiger partial charge >= 0.3 is 29.8 Å². The van der Waals surface area contributed by atoms with Crippen LogP contribution in [0.4, 0.5) is 0 Å². The molecule has 526 valence electrons. The second kappa shape index (κ2) is 30.4. The molecular formula is C60H64O37. The van der Waals surface area contributed by atoms with Crippen LogP contribution in [0.3, 0.4) is 0 Å². The van der Waals surface area contributed by atoms with Crippen LogP contribution in [-0.2, 0) is 66.6 Å². The molecule has 37 nitrogen and oxygen atoms in total. The molecular weight excluding hydrogens is 1310 g/mol. The molecule has 0 amide bonds. The molecule has 0 aromatic heterocycles. The van der Waals surface area contributed by atoms with E-state index < -0.39 is 259 Å². The molecule has 37 heteroatoms. The van der Waals surface area contributed by atoms with Crippen molar-refractivity contribution in [3.05, 3.63) is 101 Å². The van der Waals surface area contributed by atoms with E-state index in [1.54, 1.807) is 0 Å². The number of carbonyl (C=O) groups is 5. The van der Waals surface area contributed by atoms with E-state index in [9.17, 15) is 126 Å². The van der Waals surface area contributed by atoms with Crippen molar-refractivity contribution in [2.45, 2.75) is 135 Å². The van der Waals surface area contributed by atoms with Crippen molar-refractivity contribution in [2.75, 3.05) is 19.8 Å². The predicted molar refractivity (Wildman–Crippen MR) is 308 cm³/mol. The summed E-state index contributed by atoms with van der Waals surface area (Å²) in [4.78, 5) is 62.0. The predicted octanol–water partition coefficient (Wildman–Crippen LogP) is -4.25. The average molecular weight is 1380 g/mol. The van der Waals surface area contributed by atoms with Gasteiger partial charge in [0, 0.05) is 29.8 Å². The van der Waals surface area contributed by atoms with Crippen molar-refractivity contribution in [1.82, 2.24) is 0 Å². The number of esters is 3. The van der Waals surface area contributed by atoms with Crippen molar-refractivity contribution < 1.29 is 183 Å². The standard InChI is InChI=1S/C60H64O37/c61-17-34-42(74)47(79)54(95-39(71)8-4-21-2-6-26(63)29(66)10-21)60(92-34)97-55-48(80)44(76)36(19-87-40(72)16-37(68)69)94-59(55)91-33-15-24-27(64)13-23(88-57-50(82)45(77)43(75)35(93-57)18-86-38(70)7-3-20-1-5-25(62)28(65)9-20)14-31(24)89-52(33)22-11-30(67)41(73)32(12-22)90-58-51(83)46(78)49(81)53(96-58)56(84)85/h1-15,34-36,42-55,57-67,73-83H,16-19H2,(H,68,69)(H,84,85)/b7-3+,8-4+/t34-,35-,36-,42-,43-,44+,45+,46+,47+,48+,49+,50-,51-,52?,53+,54-,55-,57-,58-,59-,60+/m1/s1. The van der Waals surface area contributed by atoms with Gasteiger partial charge in [0.15, 0.2) is 65.2 Å². The Labute approximate surface area is 543 Å². The third kappa shape index (κ3) is 16.4. The third-order valence-electron chi connectivity index (χ3n) is 15.4. The van der Waals surface area contributed by atoms with E-state index in [2.05, 4.69) is 0 Å². The minimum atomic E-state index is -2.40. The number of aliphatic hydroxyl groups is 11. The summed E-state index contributed by atoms with van der Waals surface area (Å²) in [7, 11) is 0. The summed E-state index contributed by atoms with van der Waals surface area (Å²) in [6.45, 7) is -2.95. The fourth-order valence-corrected chi connectivity index (χ4v) is 10.3. The highest BCUT2D eigenvalue weighted by atomic mass is 16.8. The normalized spacial score (nSPS) is 31.8. The molecule has 0 spiro atoms. The van der Waals surface area contributed by atoms with Gasteiger partial charge in [0.2, 0.25) is 24.6 Å². The average Bonchev–Trinajstić information content (AvgIpc) is 0.766. The number of hydrogen-bond donors (Lipinski definition) is 20. The maximum absolute atomic E-state index is 13.4. The van der Waals surface area contributed by atoms with Gasteiger partial charge in [-0.2, -0.15) is 0 Å². The summed E-state index contributed by atoms with van der Waals surface area (Å²) in [5.74, 6) is -15.0. The molecule has 0 aliphatic carbocycles. The Kier molecular flexibility index (Phi) is 22.5. The number of rotatable bonds is 22. The van der Waals surface area contributed by atoms with Crippen molar-refractivity contribution in [1.29, 1.82) is 0 Å². The molecule has 0 saturated carbocycles. The molecule has 5 aliphatic rings. The van der Waals surface area contributed by atoms with Gasteiger partial charge in [-0.1, -0.05) is 12.1 Å². The smallest absolute Gasteiger partial charge is 0.335 e. The molecule has 20 N–H and O–H groups in total. The Bertz CT molecular complexity index is 3630. The zero-order chi connectivity index (χ0) is 70.6. The fraction of sp³-hybridized carbons (Fsp3) is 0.417. The molecule has 4 aromatic rings. The minimum Gasteiger partial charge on any atom is -0.507 e. The highest BCUT2D eigenvalue weighted by Gasteiger charge is 2.55. The van der Waals surface area contributed by atoms with E-state index >= 15 is 0 Å². The van der Waals surface area contributed by atoms with Gasteiger partial charge in [-0.05, 0) is 65.8 Å². The number of carbonyl (C=O) groups excluding carboxylic acids is 3. The second-order valence-corrected chi connectivity index (χ2v) is 22.2. The first-order valence-corrected chi connectivity index (χ1v) is 28.8. The van der Waals surface area contributed by atoms with Gasteiger partial charge in [-0.3, -0.25) is 9.59 Å². The van der Waals surface area contributed by atoms with Crippen LogP contribution in [0.2, 0.25) is 0 Å². The van der Waals surface area contributed by atoms with Crippen molar-refractivity contribution in [3.8, 4) is 57.5 Å². The Morgan fingerprint density at radius 3 is 1.66 bits per heavy atom. The van der Waals surface area contributed by atoms with Crippen molar-refractivity contribution >= 4 is 48.1 Å². The Morgan fingerprint density at radius 2 is 1.05 bits per heavy atom. The molecule has 4 aromatic carbocycles. The van der Waals surface area contributed by atoms with Crippen LogP contribution < -0.4 is 14.2 Å². The van der Waals surface area contributed by atoms with Crippen molar-refractivity contribution in [3.63, 3.8) is 0 Å². The zero-order valence-corrected chi connectivity index (χ0v) is 49.5. The Morgan fingerprint density at radius 1 is 0.495 bits per heavy atom. The lowest BCUT2D eigenvalue weighted by Gasteiger charge is -2.47. The lowest BCUT2D eigenvalue weighted by Crippen LogP contribution is -2.65. The third-order valence-corrected chi connectivity index (χ3v) is 15.4. The lowest BCUT2D eigenvalue weighted by atomic mass is 9.96. The van der Waals surface area contributed by atoms with Crippen molar-refractivity contribution in [2.24, 2.45) is 0 Å². The second-order valence-electron chi connectivity index (χ2n) is 22.2. The van der Waals surface area contributed by atoms with E-state index in [0.717, 1.165) is 72.8 Å². The molecule has 4 fully saturated rings. The van der Waals surface area contributed by atoms with Crippen LogP contribution in [0.5, 0.6) is 57.5 Å². The van der Waals surface area contributed by atoms with Gasteiger partial charge < -0.3 is 159 Å². The van der Waals surface area contributed by atoms with Crippen LogP contribution in [0.15, 0.2) is 78.6 Å². The first kappa shape index (κ1) is 71.9. The molecule has 0 bridgehead atoms. The van der Waals surface area contributed by atoms with Gasteiger partial charge in [0.05, 0.1) is 12.2 Å². The number of carboxylic acid groups (broad SMARTS) is 2. The molecule has 21 atom stereocenters. The molecule has 4 saturated heterocycles. The van der Waals surface area contributed by atoms with E-state index in [-0.39, 0.29) is 11.1 Å². The molecule has 1 unspecified atom stereocenters. The SMILES string of the molecule is O=C(O)CC(=O)OC[C@H]1O[C@@H](OC2=Cc3c(O)cc(O[C@@H]4O[C@H](COC(=O)/C=C/c5ccc(O)c(O)c5)[C@@H](O)[C@H](O)[C@H]4O)cc3OC2c2cc(O)c(O)c(O[C@@H]3O[C@H](C(=O)O)[C@@H](O)[C@H](O)[C@H]3O)c2)[C@H](O[C@@H]2O[C@H](CO)[C@@H](O)[C@H](O)[C@H]2OC(=O)/C=C/c2ccc(O)c(O)c2)[C@@H](O)[C@H]1O. The number of aliphatic carboxylic acids is 2. The monoisotopic (exact) mass is 1380 g/mol. The molecule has 5 aliphatic heterocycles. The summed E-state index contributed by atoms with van der Waals surface area (Å²) in [5.41, 5.74) is -0.494. The summed E-state index contributed by atoms with van der Waals surface area (Å²) >= 11 is 0. The van der Waals surface area contributed by atoms with E-state index in [0.29, 0.717) is 0 Å². The van der Waals surface area contributed by atoms with Crippen LogP contribution >= 0.6 is 0 Å². The van der Waals surface area contributed by atoms with Gasteiger partial charge in [0.1, 0.15) is 122 Å². The number of hydrogen-bond acceptors (Lipinski definition) is 35. The number of benzene rings is 4. The largest absolute Gasteiger partial charge is 0.507 e. The van der Waals surface area contributed by atoms with Crippen LogP contribution in [0, 0.1) is 0 Å². The highest BCUT2D eigenvalue weighted by molar-refractivity contribution is 5.90. The van der Waals surface area contributed by atoms with Gasteiger partial charge in [-0.25, -0.2) is 14.4 Å². The summed E-state index contributed by atoms with van der Waals surface area (Å²) in [5, 5.41) is 213. The number of aromatic hydroxyl groups is 7. The first-order valence-electron chi connectivity index (χ1n) is 28.8. The number of phenols is 7. The summed E-state index contributed by atoms with van der Waals surface area (Å²) in [6.07, 6.45) is -41.2. The van der Waals surface area contributed by atoms with Crippen LogP contribution in [0.25, 0.3) is 18.2 Å². The zero-order valence-electron chi connectivity index (χ0n) is 49.5. The number of ether oxygens (including phenoxy) is 12. The first-order chi connectivity index (χ1) is 45.9. The minimum absolute atomic E-state index is 0.119.